The van der Waals surface area contributed by atoms with E-state index in [2.05, 4.69) is 37.9 Å². The average Bonchev–Trinajstić information content (AvgIpc) is 2.21. The molecule has 0 bridgehead atoms. The van der Waals surface area contributed by atoms with Gasteiger partial charge in [0.25, 0.3) is 0 Å². The lowest BCUT2D eigenvalue weighted by Crippen LogP contribution is -2.13. The zero-order valence-corrected chi connectivity index (χ0v) is 12.4. The summed E-state index contributed by atoms with van der Waals surface area (Å²) >= 11 is 6.80. The SMILES string of the molecule is CC(C)(C#N)CCOc1ccc(Br)cc1Br. The molecule has 0 radical (unpaired) electrons. The second-order valence-corrected chi connectivity index (χ2v) is 5.94. The monoisotopic (exact) mass is 345 g/mol. The van der Waals surface area contributed by atoms with E-state index in [1.165, 1.54) is 0 Å². The van der Waals surface area contributed by atoms with E-state index < -0.39 is 0 Å². The number of rotatable bonds is 4. The van der Waals surface area contributed by atoms with Crippen LogP contribution in [0.5, 0.6) is 5.75 Å². The lowest BCUT2D eigenvalue weighted by molar-refractivity contribution is 0.263. The van der Waals surface area contributed by atoms with Crippen LogP contribution in [0.2, 0.25) is 0 Å². The highest BCUT2D eigenvalue weighted by molar-refractivity contribution is 9.11. The molecule has 0 fully saturated rings. The van der Waals surface area contributed by atoms with Gasteiger partial charge in [0.05, 0.1) is 22.6 Å². The van der Waals surface area contributed by atoms with Crippen molar-refractivity contribution < 1.29 is 4.74 Å². The molecule has 0 aromatic heterocycles. The summed E-state index contributed by atoms with van der Waals surface area (Å²) in [5.74, 6) is 0.803. The van der Waals surface area contributed by atoms with Gasteiger partial charge in [-0.25, -0.2) is 0 Å². The molecule has 1 rings (SSSR count). The molecule has 1 aromatic rings. The molecule has 0 amide bonds. The Balaban J connectivity index is 2.53. The molecule has 0 saturated heterocycles. The van der Waals surface area contributed by atoms with Crippen molar-refractivity contribution in [3.63, 3.8) is 0 Å². The minimum Gasteiger partial charge on any atom is -0.492 e. The number of benzene rings is 1. The molecule has 0 N–H and O–H groups in total. The van der Waals surface area contributed by atoms with Gasteiger partial charge in [0.15, 0.2) is 0 Å². The maximum absolute atomic E-state index is 8.86. The Bertz CT molecular complexity index is 410. The molecular formula is C12H13Br2NO. The second-order valence-electron chi connectivity index (χ2n) is 4.17. The first-order chi connectivity index (χ1) is 7.44. The van der Waals surface area contributed by atoms with Crippen LogP contribution in [0, 0.1) is 16.7 Å². The number of nitrogens with zero attached hydrogens (tertiary/aromatic N) is 1. The van der Waals surface area contributed by atoms with Crippen LogP contribution in [0.3, 0.4) is 0 Å². The smallest absolute Gasteiger partial charge is 0.133 e. The van der Waals surface area contributed by atoms with E-state index >= 15 is 0 Å². The summed E-state index contributed by atoms with van der Waals surface area (Å²) in [7, 11) is 0. The minimum atomic E-state index is -0.332. The molecule has 0 atom stereocenters. The fourth-order valence-electron chi connectivity index (χ4n) is 1.06. The van der Waals surface area contributed by atoms with Crippen molar-refractivity contribution in [3.8, 4) is 11.8 Å². The molecule has 2 nitrogen and oxygen atoms in total. The third-order valence-electron chi connectivity index (χ3n) is 2.18. The summed E-state index contributed by atoms with van der Waals surface area (Å²) in [5, 5.41) is 8.86. The van der Waals surface area contributed by atoms with Crippen LogP contribution in [0.15, 0.2) is 27.1 Å². The summed E-state index contributed by atoms with van der Waals surface area (Å²) in [4.78, 5) is 0. The van der Waals surface area contributed by atoms with Crippen molar-refractivity contribution >= 4 is 31.9 Å². The van der Waals surface area contributed by atoms with Crippen molar-refractivity contribution in [2.45, 2.75) is 20.3 Å². The van der Waals surface area contributed by atoms with Crippen LogP contribution < -0.4 is 4.74 Å². The van der Waals surface area contributed by atoms with Crippen LogP contribution in [0.4, 0.5) is 0 Å². The van der Waals surface area contributed by atoms with Gasteiger partial charge in [-0.3, -0.25) is 0 Å². The van der Waals surface area contributed by atoms with E-state index in [1.807, 2.05) is 32.0 Å². The van der Waals surface area contributed by atoms with E-state index in [-0.39, 0.29) is 5.41 Å². The zero-order chi connectivity index (χ0) is 12.2. The Kier molecular flexibility index (Phi) is 4.82. The third-order valence-corrected chi connectivity index (χ3v) is 3.29. The van der Waals surface area contributed by atoms with Gasteiger partial charge in [0.2, 0.25) is 0 Å². The topological polar surface area (TPSA) is 33.0 Å². The Morgan fingerprint density at radius 1 is 1.38 bits per heavy atom. The molecule has 0 aliphatic heterocycles. The molecule has 0 spiro atoms. The molecule has 0 aliphatic carbocycles. The molecular weight excluding hydrogens is 334 g/mol. The highest BCUT2D eigenvalue weighted by Gasteiger charge is 2.16. The van der Waals surface area contributed by atoms with E-state index in [9.17, 15) is 0 Å². The van der Waals surface area contributed by atoms with Gasteiger partial charge < -0.3 is 4.74 Å². The van der Waals surface area contributed by atoms with Gasteiger partial charge in [-0.05, 0) is 54.4 Å². The van der Waals surface area contributed by atoms with Crippen LogP contribution >= 0.6 is 31.9 Å². The highest BCUT2D eigenvalue weighted by atomic mass is 79.9. The van der Waals surface area contributed by atoms with Gasteiger partial charge in [-0.1, -0.05) is 15.9 Å². The first-order valence-electron chi connectivity index (χ1n) is 4.94. The Hall–Kier alpha value is -0.530. The maximum atomic E-state index is 8.86. The standard InChI is InChI=1S/C12H13Br2NO/c1-12(2,8-15)5-6-16-11-4-3-9(13)7-10(11)14/h3-4,7H,5-6H2,1-2H3. The molecule has 16 heavy (non-hydrogen) atoms. The Morgan fingerprint density at radius 2 is 2.06 bits per heavy atom. The van der Waals surface area contributed by atoms with Crippen LogP contribution in [0.1, 0.15) is 20.3 Å². The second kappa shape index (κ2) is 5.70. The maximum Gasteiger partial charge on any atom is 0.133 e. The van der Waals surface area contributed by atoms with Gasteiger partial charge >= 0.3 is 0 Å². The van der Waals surface area contributed by atoms with Crippen LogP contribution in [-0.2, 0) is 0 Å². The number of halogens is 2. The summed E-state index contributed by atoms with van der Waals surface area (Å²) in [6, 6.07) is 8.01. The minimum absolute atomic E-state index is 0.332. The van der Waals surface area contributed by atoms with E-state index in [0.29, 0.717) is 13.0 Å². The largest absolute Gasteiger partial charge is 0.492 e. The van der Waals surface area contributed by atoms with Crippen molar-refractivity contribution in [1.82, 2.24) is 0 Å². The fraction of sp³-hybridized carbons (Fsp3) is 0.417. The van der Waals surface area contributed by atoms with Gasteiger partial charge in [0, 0.05) is 4.47 Å². The van der Waals surface area contributed by atoms with E-state index in [1.54, 1.807) is 0 Å². The molecule has 0 unspecified atom stereocenters. The lowest BCUT2D eigenvalue weighted by Gasteiger charge is -2.15. The van der Waals surface area contributed by atoms with Crippen molar-refractivity contribution in [2.75, 3.05) is 6.61 Å². The number of hydrogen-bond donors (Lipinski definition) is 0. The van der Waals surface area contributed by atoms with Crippen LogP contribution in [-0.4, -0.2) is 6.61 Å². The number of hydrogen-bond acceptors (Lipinski definition) is 2. The van der Waals surface area contributed by atoms with E-state index in [0.717, 1.165) is 14.7 Å². The molecule has 86 valence electrons. The predicted octanol–water partition coefficient (Wildman–Crippen LogP) is 4.53. The molecule has 0 heterocycles. The van der Waals surface area contributed by atoms with E-state index in [4.69, 9.17) is 10.00 Å². The van der Waals surface area contributed by atoms with Crippen molar-refractivity contribution in [2.24, 2.45) is 5.41 Å². The Morgan fingerprint density at radius 3 is 2.62 bits per heavy atom. The summed E-state index contributed by atoms with van der Waals surface area (Å²) in [6.45, 7) is 4.36. The first kappa shape index (κ1) is 13.5. The Labute approximate surface area is 113 Å². The molecule has 0 saturated carbocycles. The van der Waals surface area contributed by atoms with Gasteiger partial charge in [-0.15, -0.1) is 0 Å². The normalized spacial score (nSPS) is 10.9. The predicted molar refractivity (Wildman–Crippen MR) is 71.3 cm³/mol. The van der Waals surface area contributed by atoms with Gasteiger partial charge in [0.1, 0.15) is 5.75 Å². The summed E-state index contributed by atoms with van der Waals surface area (Å²) < 4.78 is 7.53. The van der Waals surface area contributed by atoms with Crippen molar-refractivity contribution in [3.05, 3.63) is 27.1 Å². The molecule has 1 aromatic carbocycles. The fourth-order valence-corrected chi connectivity index (χ4v) is 2.23. The molecule has 0 aliphatic rings. The summed E-state index contributed by atoms with van der Waals surface area (Å²) in [5.41, 5.74) is -0.332. The zero-order valence-electron chi connectivity index (χ0n) is 9.26. The highest BCUT2D eigenvalue weighted by Crippen LogP contribution is 2.29. The van der Waals surface area contributed by atoms with Gasteiger partial charge in [-0.2, -0.15) is 5.26 Å². The average molecular weight is 347 g/mol. The summed E-state index contributed by atoms with van der Waals surface area (Å²) in [6.07, 6.45) is 0.714. The molecule has 4 heteroatoms. The number of ether oxygens (including phenoxy) is 1. The lowest BCUT2D eigenvalue weighted by atomic mass is 9.92. The third kappa shape index (κ3) is 4.15. The first-order valence-corrected chi connectivity index (χ1v) is 6.52. The number of nitriles is 1. The quantitative estimate of drug-likeness (QED) is 0.802. The van der Waals surface area contributed by atoms with Crippen molar-refractivity contribution in [1.29, 1.82) is 5.26 Å². The van der Waals surface area contributed by atoms with Crippen LogP contribution in [0.25, 0.3) is 0 Å².